The van der Waals surface area contributed by atoms with Gasteiger partial charge in [0.25, 0.3) is 0 Å². The third-order valence-electron chi connectivity index (χ3n) is 7.33. The van der Waals surface area contributed by atoms with Crippen LogP contribution in [0.25, 0.3) is 0 Å². The Hall–Kier alpha value is 0. The Morgan fingerprint density at radius 3 is 1.25 bits per heavy atom. The Kier molecular flexibility index (Phi) is 5.10. The van der Waals surface area contributed by atoms with Crippen LogP contribution in [0.5, 0.6) is 0 Å². The average Bonchev–Trinajstić information content (AvgIpc) is 2.56. The summed E-state index contributed by atoms with van der Waals surface area (Å²) in [6.45, 7) is 4.00. The van der Waals surface area contributed by atoms with Crippen molar-refractivity contribution in [3.05, 3.63) is 0 Å². The minimum Gasteiger partial charge on any atom is -0.0683 e. The van der Waals surface area contributed by atoms with Gasteiger partial charge < -0.3 is 0 Å². The molecule has 4 rings (SSSR count). The molecule has 0 N–H and O–H groups in total. The fourth-order valence-corrected chi connectivity index (χ4v) is 6.62. The second-order valence-electron chi connectivity index (χ2n) is 7.90. The highest BCUT2D eigenvalue weighted by Gasteiger charge is 2.47. The van der Waals surface area contributed by atoms with E-state index < -0.39 is 0 Å². The van der Waals surface area contributed by atoms with Crippen LogP contribution < -0.4 is 0 Å². The van der Waals surface area contributed by atoms with Crippen molar-refractivity contribution in [2.45, 2.75) is 90.9 Å². The molecule has 6 atom stereocenters. The van der Waals surface area contributed by atoms with Gasteiger partial charge in [0.1, 0.15) is 0 Å². The van der Waals surface area contributed by atoms with Gasteiger partial charge in [-0.3, -0.25) is 0 Å². The van der Waals surface area contributed by atoms with Gasteiger partial charge in [0.05, 0.1) is 0 Å². The molecule has 4 aliphatic rings. The van der Waals surface area contributed by atoms with Gasteiger partial charge in [0.15, 0.2) is 0 Å². The third kappa shape index (κ3) is 2.69. The summed E-state index contributed by atoms with van der Waals surface area (Å²) in [6.07, 6.45) is 19.0. The molecule has 4 aliphatic carbocycles. The highest BCUT2D eigenvalue weighted by Crippen LogP contribution is 2.56. The van der Waals surface area contributed by atoms with Crippen molar-refractivity contribution in [3.63, 3.8) is 0 Å². The monoisotopic (exact) mass is 276 g/mol. The largest absolute Gasteiger partial charge is 0.0683 e. The molecule has 0 heterocycles. The summed E-state index contributed by atoms with van der Waals surface area (Å²) in [7, 11) is 0. The molecule has 0 aliphatic heterocycles. The maximum Gasteiger partial charge on any atom is -0.0352 e. The predicted molar refractivity (Wildman–Crippen MR) is 87.7 cm³/mol. The normalized spacial score (nSPS) is 47.1. The lowest BCUT2D eigenvalue weighted by molar-refractivity contribution is -0.0408. The minimum absolute atomic E-state index is 1.15. The first kappa shape index (κ1) is 14.9. The molecule has 0 aromatic carbocycles. The number of rotatable bonds is 0. The van der Waals surface area contributed by atoms with Crippen LogP contribution in [0.3, 0.4) is 0 Å². The topological polar surface area (TPSA) is 0 Å². The molecular weight excluding hydrogens is 240 g/mol. The van der Waals surface area contributed by atoms with Crippen molar-refractivity contribution < 1.29 is 0 Å². The van der Waals surface area contributed by atoms with E-state index in [1.165, 1.54) is 23.7 Å². The van der Waals surface area contributed by atoms with E-state index in [0.717, 1.165) is 11.8 Å². The Balaban J connectivity index is 0.000000581. The molecule has 0 nitrogen and oxygen atoms in total. The zero-order chi connectivity index (χ0) is 13.9. The quantitative estimate of drug-likeness (QED) is 0.477. The van der Waals surface area contributed by atoms with E-state index in [1.807, 2.05) is 13.8 Å². The summed E-state index contributed by atoms with van der Waals surface area (Å²) in [4.78, 5) is 0. The van der Waals surface area contributed by atoms with Crippen molar-refractivity contribution in [2.24, 2.45) is 35.5 Å². The standard InChI is InChI=1S/C18H30.C2H6/c1-3-7-15-13(5-1)9-11-18-16-8-4-2-6-14(16)10-12-17(15)18;1-2/h13-18H,1-12H2;1-2H3. The summed E-state index contributed by atoms with van der Waals surface area (Å²) in [5, 5.41) is 0. The van der Waals surface area contributed by atoms with Gasteiger partial charge in [-0.1, -0.05) is 52.4 Å². The van der Waals surface area contributed by atoms with Crippen LogP contribution in [0.2, 0.25) is 0 Å². The summed E-state index contributed by atoms with van der Waals surface area (Å²) in [5.41, 5.74) is 0. The van der Waals surface area contributed by atoms with Crippen molar-refractivity contribution in [2.75, 3.05) is 0 Å². The van der Waals surface area contributed by atoms with Gasteiger partial charge in [-0.2, -0.15) is 0 Å². The van der Waals surface area contributed by atoms with E-state index in [0.29, 0.717) is 0 Å². The molecule has 0 aromatic heterocycles. The number of hydrogen-bond acceptors (Lipinski definition) is 0. The second-order valence-corrected chi connectivity index (χ2v) is 7.90. The van der Waals surface area contributed by atoms with E-state index in [2.05, 4.69) is 0 Å². The summed E-state index contributed by atoms with van der Waals surface area (Å²) >= 11 is 0. The summed E-state index contributed by atoms with van der Waals surface area (Å²) < 4.78 is 0. The van der Waals surface area contributed by atoms with E-state index in [-0.39, 0.29) is 0 Å². The fourth-order valence-electron chi connectivity index (χ4n) is 6.62. The van der Waals surface area contributed by atoms with E-state index >= 15 is 0 Å². The first-order valence-corrected chi connectivity index (χ1v) is 9.93. The van der Waals surface area contributed by atoms with E-state index in [4.69, 9.17) is 0 Å². The highest BCUT2D eigenvalue weighted by molar-refractivity contribution is 4.97. The molecule has 4 saturated carbocycles. The van der Waals surface area contributed by atoms with Crippen LogP contribution in [0, 0.1) is 35.5 Å². The predicted octanol–water partition coefficient (Wildman–Crippen LogP) is 6.45. The average molecular weight is 277 g/mol. The van der Waals surface area contributed by atoms with Crippen LogP contribution in [0.1, 0.15) is 90.9 Å². The van der Waals surface area contributed by atoms with Gasteiger partial charge in [-0.15, -0.1) is 0 Å². The van der Waals surface area contributed by atoms with Gasteiger partial charge in [0.2, 0.25) is 0 Å². The molecular formula is C20H36. The Bertz CT molecular complexity index is 264. The molecule has 0 bridgehead atoms. The first-order valence-electron chi connectivity index (χ1n) is 9.93. The molecule has 6 unspecified atom stereocenters. The lowest BCUT2D eigenvalue weighted by atomic mass is 9.51. The van der Waals surface area contributed by atoms with Crippen LogP contribution in [0.15, 0.2) is 0 Å². The van der Waals surface area contributed by atoms with Gasteiger partial charge in [-0.25, -0.2) is 0 Å². The fraction of sp³-hybridized carbons (Fsp3) is 1.00. The van der Waals surface area contributed by atoms with Crippen molar-refractivity contribution in [1.82, 2.24) is 0 Å². The molecule has 0 radical (unpaired) electrons. The van der Waals surface area contributed by atoms with Crippen molar-refractivity contribution >= 4 is 0 Å². The smallest absolute Gasteiger partial charge is 0.0352 e. The van der Waals surface area contributed by atoms with Crippen LogP contribution in [-0.4, -0.2) is 0 Å². The lowest BCUT2D eigenvalue weighted by Crippen LogP contribution is -2.45. The van der Waals surface area contributed by atoms with E-state index in [9.17, 15) is 0 Å². The lowest BCUT2D eigenvalue weighted by Gasteiger charge is -2.54. The van der Waals surface area contributed by atoms with Crippen LogP contribution in [-0.2, 0) is 0 Å². The van der Waals surface area contributed by atoms with Gasteiger partial charge in [-0.05, 0) is 74.0 Å². The third-order valence-corrected chi connectivity index (χ3v) is 7.33. The van der Waals surface area contributed by atoms with Crippen LogP contribution >= 0.6 is 0 Å². The molecule has 0 amide bonds. The summed E-state index contributed by atoms with van der Waals surface area (Å²) in [6, 6.07) is 0. The van der Waals surface area contributed by atoms with Gasteiger partial charge >= 0.3 is 0 Å². The minimum atomic E-state index is 1.15. The summed E-state index contributed by atoms with van der Waals surface area (Å²) in [5.74, 6) is 6.98. The van der Waals surface area contributed by atoms with Crippen molar-refractivity contribution in [1.29, 1.82) is 0 Å². The zero-order valence-corrected chi connectivity index (χ0v) is 13.9. The maximum absolute atomic E-state index is 2.00. The van der Waals surface area contributed by atoms with Crippen LogP contribution in [0.4, 0.5) is 0 Å². The molecule has 0 spiro atoms. The molecule has 116 valence electrons. The molecule has 0 aromatic rings. The number of fused-ring (bicyclic) bond motifs is 5. The second kappa shape index (κ2) is 6.84. The zero-order valence-electron chi connectivity index (χ0n) is 13.9. The molecule has 0 heteroatoms. The molecule has 0 saturated heterocycles. The highest BCUT2D eigenvalue weighted by atomic mass is 14.5. The first-order chi connectivity index (χ1) is 9.93. The van der Waals surface area contributed by atoms with Crippen molar-refractivity contribution in [3.8, 4) is 0 Å². The van der Waals surface area contributed by atoms with Gasteiger partial charge in [0, 0.05) is 0 Å². The maximum atomic E-state index is 2.00. The molecule has 20 heavy (non-hydrogen) atoms. The molecule has 4 fully saturated rings. The number of hydrogen-bond donors (Lipinski definition) is 0. The Morgan fingerprint density at radius 1 is 0.400 bits per heavy atom. The Morgan fingerprint density at radius 2 is 0.800 bits per heavy atom. The SMILES string of the molecule is C1CCC2C(C1)CCC1C3CCCCC3CCC21.CC. The van der Waals surface area contributed by atoms with E-state index in [1.54, 1.807) is 77.0 Å². The Labute approximate surface area is 127 Å².